The van der Waals surface area contributed by atoms with Crippen molar-refractivity contribution in [3.05, 3.63) is 0 Å². The van der Waals surface area contributed by atoms with Crippen molar-refractivity contribution in [2.24, 2.45) is 0 Å². The zero-order valence-electron chi connectivity index (χ0n) is 6.04. The number of esters is 1. The van der Waals surface area contributed by atoms with E-state index in [0.717, 1.165) is 0 Å². The largest absolute Gasteiger partial charge is 0.511 e. The molecule has 1 rings (SSSR count). The molecule has 1 aliphatic rings. The smallest absolute Gasteiger partial charge is 0.447 e. The highest BCUT2D eigenvalue weighted by atomic mass is 32.2. The van der Waals surface area contributed by atoms with E-state index < -0.39 is 34.8 Å². The molecular weight excluding hydrogens is 215 g/mol. The van der Waals surface area contributed by atoms with Crippen LogP contribution in [0.5, 0.6) is 0 Å². The number of nitrogens with zero attached hydrogens (tertiary/aromatic N) is 1. The molecule has 0 aromatic rings. The number of ether oxygens (including phenoxy) is 1. The predicted molar refractivity (Wildman–Crippen MR) is 32.6 cm³/mol. The standard InChI is InChI=1S/C4H4F3NO4S/c5-4(6,7)13(10,11)8-1-3(9)12-2-8/h1-2H2. The molecule has 1 aliphatic heterocycles. The summed E-state index contributed by atoms with van der Waals surface area (Å²) < 4.78 is 60.6. The van der Waals surface area contributed by atoms with Crippen molar-refractivity contribution < 1.29 is 31.1 Å². The van der Waals surface area contributed by atoms with Gasteiger partial charge in [-0.1, -0.05) is 0 Å². The van der Waals surface area contributed by atoms with Crippen LogP contribution in [0, 0.1) is 0 Å². The van der Waals surface area contributed by atoms with Crippen LogP contribution in [0.25, 0.3) is 0 Å². The number of hydrogen-bond acceptors (Lipinski definition) is 4. The van der Waals surface area contributed by atoms with Gasteiger partial charge in [-0.25, -0.2) is 8.42 Å². The maximum atomic E-state index is 11.8. The minimum Gasteiger partial charge on any atom is -0.447 e. The maximum Gasteiger partial charge on any atom is 0.511 e. The molecule has 0 amide bonds. The third-order valence-corrected chi connectivity index (χ3v) is 2.81. The van der Waals surface area contributed by atoms with Gasteiger partial charge in [0.1, 0.15) is 6.54 Å². The SMILES string of the molecule is O=C1CN(S(=O)(=O)C(F)(F)F)CO1. The van der Waals surface area contributed by atoms with Gasteiger partial charge >= 0.3 is 21.5 Å². The summed E-state index contributed by atoms with van der Waals surface area (Å²) >= 11 is 0. The quantitative estimate of drug-likeness (QED) is 0.565. The first-order valence-electron chi connectivity index (χ1n) is 2.97. The van der Waals surface area contributed by atoms with Crippen LogP contribution in [-0.2, 0) is 19.6 Å². The Morgan fingerprint density at radius 2 is 1.92 bits per heavy atom. The van der Waals surface area contributed by atoms with E-state index in [1.54, 1.807) is 0 Å². The predicted octanol–water partition coefficient (Wildman–Crippen LogP) is -0.348. The molecule has 5 nitrogen and oxygen atoms in total. The lowest BCUT2D eigenvalue weighted by Crippen LogP contribution is -2.39. The van der Waals surface area contributed by atoms with Gasteiger partial charge in [-0.3, -0.25) is 4.79 Å². The van der Waals surface area contributed by atoms with E-state index in [0.29, 0.717) is 0 Å². The fraction of sp³-hybridized carbons (Fsp3) is 0.750. The van der Waals surface area contributed by atoms with E-state index in [1.807, 2.05) is 0 Å². The Labute approximate surface area is 71.1 Å². The molecule has 0 atom stereocenters. The Bertz CT molecular complexity index is 321. The monoisotopic (exact) mass is 219 g/mol. The van der Waals surface area contributed by atoms with Gasteiger partial charge in [0, 0.05) is 0 Å². The Morgan fingerprint density at radius 1 is 1.38 bits per heavy atom. The lowest BCUT2D eigenvalue weighted by atomic mass is 10.7. The molecule has 0 aliphatic carbocycles. The summed E-state index contributed by atoms with van der Waals surface area (Å²) in [4.78, 5) is 10.3. The molecule has 1 saturated heterocycles. The van der Waals surface area contributed by atoms with Gasteiger partial charge in [-0.2, -0.15) is 13.2 Å². The van der Waals surface area contributed by atoms with E-state index in [4.69, 9.17) is 0 Å². The minimum atomic E-state index is -5.42. The molecule has 13 heavy (non-hydrogen) atoms. The minimum absolute atomic E-state index is 0.0741. The summed E-state index contributed by atoms with van der Waals surface area (Å²) in [5, 5.41) is 0. The first kappa shape index (κ1) is 10.3. The lowest BCUT2D eigenvalue weighted by molar-refractivity contribution is -0.136. The molecule has 0 unspecified atom stereocenters. The van der Waals surface area contributed by atoms with Crippen molar-refractivity contribution in [3.63, 3.8) is 0 Å². The van der Waals surface area contributed by atoms with Gasteiger partial charge in [-0.15, -0.1) is 4.31 Å². The van der Waals surface area contributed by atoms with Gasteiger partial charge in [-0.05, 0) is 0 Å². The molecule has 0 aromatic carbocycles. The number of carbonyl (C=O) groups is 1. The molecule has 9 heteroatoms. The second-order valence-corrected chi connectivity index (χ2v) is 4.14. The molecule has 0 radical (unpaired) electrons. The lowest BCUT2D eigenvalue weighted by Gasteiger charge is -2.14. The highest BCUT2D eigenvalue weighted by Crippen LogP contribution is 2.27. The molecule has 76 valence electrons. The third kappa shape index (κ3) is 1.75. The zero-order valence-corrected chi connectivity index (χ0v) is 6.85. The number of rotatable bonds is 1. The van der Waals surface area contributed by atoms with Crippen LogP contribution in [0.15, 0.2) is 0 Å². The van der Waals surface area contributed by atoms with E-state index in [-0.39, 0.29) is 4.31 Å². The number of hydrogen-bond donors (Lipinski definition) is 0. The van der Waals surface area contributed by atoms with Crippen molar-refractivity contribution in [2.75, 3.05) is 13.3 Å². The normalized spacial score (nSPS) is 20.4. The molecule has 0 bridgehead atoms. The Kier molecular flexibility index (Phi) is 2.24. The zero-order chi connectivity index (χ0) is 10.3. The summed E-state index contributed by atoms with van der Waals surface area (Å²) in [5.41, 5.74) is -5.39. The number of carbonyl (C=O) groups excluding carboxylic acids is 1. The van der Waals surface area contributed by atoms with Crippen LogP contribution in [0.2, 0.25) is 0 Å². The van der Waals surface area contributed by atoms with Crippen LogP contribution in [0.1, 0.15) is 0 Å². The topological polar surface area (TPSA) is 63.7 Å². The van der Waals surface area contributed by atoms with E-state index in [9.17, 15) is 26.4 Å². The van der Waals surface area contributed by atoms with Crippen molar-refractivity contribution in [3.8, 4) is 0 Å². The molecule has 0 N–H and O–H groups in total. The Balaban J connectivity index is 2.90. The summed E-state index contributed by atoms with van der Waals surface area (Å²) in [6.07, 6.45) is 0. The van der Waals surface area contributed by atoms with Gasteiger partial charge in [0.15, 0.2) is 6.73 Å². The second kappa shape index (κ2) is 2.84. The molecule has 0 saturated carbocycles. The average molecular weight is 219 g/mol. The van der Waals surface area contributed by atoms with Crippen LogP contribution < -0.4 is 0 Å². The van der Waals surface area contributed by atoms with E-state index >= 15 is 0 Å². The van der Waals surface area contributed by atoms with Crippen LogP contribution >= 0.6 is 0 Å². The van der Waals surface area contributed by atoms with Crippen molar-refractivity contribution in [1.29, 1.82) is 0 Å². The fourth-order valence-electron chi connectivity index (χ4n) is 0.680. The highest BCUT2D eigenvalue weighted by Gasteiger charge is 2.52. The van der Waals surface area contributed by atoms with E-state index in [2.05, 4.69) is 4.74 Å². The first-order valence-corrected chi connectivity index (χ1v) is 4.41. The molecule has 0 aromatic heterocycles. The average Bonchev–Trinajstić information content (AvgIpc) is 2.33. The number of alkyl halides is 3. The van der Waals surface area contributed by atoms with Crippen LogP contribution in [0.3, 0.4) is 0 Å². The molecular formula is C4H4F3NO4S. The number of halogens is 3. The highest BCUT2D eigenvalue weighted by molar-refractivity contribution is 7.90. The van der Waals surface area contributed by atoms with Crippen LogP contribution in [0.4, 0.5) is 13.2 Å². The molecule has 1 heterocycles. The molecule has 0 spiro atoms. The van der Waals surface area contributed by atoms with Crippen LogP contribution in [-0.4, -0.2) is 37.5 Å². The Morgan fingerprint density at radius 3 is 2.23 bits per heavy atom. The molecule has 1 fully saturated rings. The summed E-state index contributed by atoms with van der Waals surface area (Å²) in [6, 6.07) is 0. The third-order valence-electron chi connectivity index (χ3n) is 1.31. The Hall–Kier alpha value is -0.830. The number of cyclic esters (lactones) is 1. The van der Waals surface area contributed by atoms with Crippen molar-refractivity contribution in [2.45, 2.75) is 5.51 Å². The fourth-order valence-corrected chi connectivity index (χ4v) is 1.44. The summed E-state index contributed by atoms with van der Waals surface area (Å²) in [6.45, 7) is -1.76. The van der Waals surface area contributed by atoms with Gasteiger partial charge in [0.05, 0.1) is 0 Å². The summed E-state index contributed by atoms with van der Waals surface area (Å²) in [7, 11) is -5.42. The second-order valence-electron chi connectivity index (χ2n) is 2.21. The number of sulfonamides is 1. The summed E-state index contributed by atoms with van der Waals surface area (Å²) in [5.74, 6) is -0.993. The van der Waals surface area contributed by atoms with Gasteiger partial charge in [0.25, 0.3) is 0 Å². The van der Waals surface area contributed by atoms with E-state index in [1.165, 1.54) is 0 Å². The van der Waals surface area contributed by atoms with Crippen molar-refractivity contribution >= 4 is 16.0 Å². The van der Waals surface area contributed by atoms with Crippen molar-refractivity contribution in [1.82, 2.24) is 4.31 Å². The first-order chi connectivity index (χ1) is 5.75. The maximum absolute atomic E-state index is 11.8. The van der Waals surface area contributed by atoms with Gasteiger partial charge in [0.2, 0.25) is 0 Å². The van der Waals surface area contributed by atoms with Gasteiger partial charge < -0.3 is 4.74 Å².